The van der Waals surface area contributed by atoms with E-state index in [1.54, 1.807) is 36.7 Å². The van der Waals surface area contributed by atoms with Crippen LogP contribution < -0.4 is 0 Å². The molecule has 2 rings (SSSR count). The molecule has 26 heavy (non-hydrogen) atoms. The van der Waals surface area contributed by atoms with Crippen molar-refractivity contribution in [2.24, 2.45) is 9.98 Å². The van der Waals surface area contributed by atoms with Crippen molar-refractivity contribution in [1.82, 2.24) is 0 Å². The number of hydrogen-bond acceptors (Lipinski definition) is 5. The van der Waals surface area contributed by atoms with E-state index in [0.29, 0.717) is 0 Å². The molecule has 0 saturated carbocycles. The van der Waals surface area contributed by atoms with E-state index in [1.807, 2.05) is 24.3 Å². The van der Waals surface area contributed by atoms with Crippen LogP contribution in [0.3, 0.4) is 0 Å². The van der Waals surface area contributed by atoms with E-state index < -0.39 is 0 Å². The molecule has 0 unspecified atom stereocenters. The topological polar surface area (TPSA) is 82.2 Å². The maximum atomic E-state index is 9.32. The van der Waals surface area contributed by atoms with Crippen LogP contribution in [0.25, 0.3) is 0 Å². The summed E-state index contributed by atoms with van der Waals surface area (Å²) < 4.78 is 8.19. The predicted molar refractivity (Wildman–Crippen MR) is 102 cm³/mol. The number of rotatable bonds is 6. The summed E-state index contributed by atoms with van der Waals surface area (Å²) in [5.74, 6) is 0.578. The average Bonchev–Trinajstić information content (AvgIpc) is 2.67. The number of benzene rings is 2. The van der Waals surface area contributed by atoms with Crippen LogP contribution in [-0.2, 0) is 21.0 Å². The van der Waals surface area contributed by atoms with Gasteiger partial charge < -0.3 is 10.2 Å². The molecule has 2 aromatic carbocycles. The molecule has 5 nitrogen and oxygen atoms in total. The fourth-order valence-corrected chi connectivity index (χ4v) is 1.78. The third-order valence-electron chi connectivity index (χ3n) is 3.04. The molecule has 0 heterocycles. The second-order valence-electron chi connectivity index (χ2n) is 5.19. The summed E-state index contributed by atoms with van der Waals surface area (Å²) in [4.78, 5) is 8.27. The van der Waals surface area contributed by atoms with Gasteiger partial charge in [0.1, 0.15) is 11.5 Å². The molecule has 0 fully saturated rings. The van der Waals surface area contributed by atoms with E-state index in [0.717, 1.165) is 54.4 Å². The Morgan fingerprint density at radius 1 is 0.769 bits per heavy atom. The van der Waals surface area contributed by atoms with E-state index in [2.05, 4.69) is 23.8 Å². The predicted octanol–water partition coefficient (Wildman–Crippen LogP) is 4.32. The van der Waals surface area contributed by atoms with Crippen molar-refractivity contribution in [3.63, 3.8) is 0 Å². The SMILES string of the molecule is CCCN=Cc1ccccc1O.CCCN=Cc1ccccc1O.[O]=[V]. The molecule has 139 valence electrons. The zero-order valence-electron chi connectivity index (χ0n) is 15.2. The van der Waals surface area contributed by atoms with Crippen molar-refractivity contribution in [2.45, 2.75) is 26.7 Å². The quantitative estimate of drug-likeness (QED) is 0.717. The van der Waals surface area contributed by atoms with E-state index in [-0.39, 0.29) is 11.5 Å². The Hall–Kier alpha value is -2.24. The molecule has 0 amide bonds. The van der Waals surface area contributed by atoms with Crippen molar-refractivity contribution >= 4 is 12.4 Å². The van der Waals surface area contributed by atoms with Gasteiger partial charge in [-0.05, 0) is 37.1 Å². The molecular weight excluding hydrogens is 367 g/mol. The van der Waals surface area contributed by atoms with Gasteiger partial charge in [0.25, 0.3) is 0 Å². The molecule has 0 bridgehead atoms. The molecule has 0 spiro atoms. The fraction of sp³-hybridized carbons (Fsp3) is 0.300. The maximum absolute atomic E-state index is 9.32. The van der Waals surface area contributed by atoms with E-state index in [4.69, 9.17) is 3.67 Å². The Morgan fingerprint density at radius 2 is 1.12 bits per heavy atom. The van der Waals surface area contributed by atoms with Crippen molar-refractivity contribution in [3.8, 4) is 11.5 Å². The van der Waals surface area contributed by atoms with Crippen LogP contribution in [0.1, 0.15) is 37.8 Å². The van der Waals surface area contributed by atoms with Crippen molar-refractivity contribution in [2.75, 3.05) is 13.1 Å². The molecule has 0 saturated heterocycles. The molecule has 0 aliphatic carbocycles. The molecule has 6 heteroatoms. The number of phenols is 2. The van der Waals surface area contributed by atoms with Gasteiger partial charge in [0.15, 0.2) is 0 Å². The number of para-hydroxylation sites is 2. The number of hydrogen-bond donors (Lipinski definition) is 2. The first-order valence-corrected chi connectivity index (χ1v) is 9.00. The van der Waals surface area contributed by atoms with Gasteiger partial charge in [0, 0.05) is 36.6 Å². The number of aliphatic imine (C=N–C) groups is 2. The van der Waals surface area contributed by atoms with Gasteiger partial charge in [0.2, 0.25) is 0 Å². The first kappa shape index (κ1) is 23.8. The monoisotopic (exact) mass is 393 g/mol. The standard InChI is InChI=1S/2C10H13NO.O.V/c2*1-2-7-11-8-9-5-3-4-6-10(9)12;;/h2*3-6,8,12H,2,7H2,1H3;;. The second-order valence-corrected chi connectivity index (χ2v) is 5.19. The van der Waals surface area contributed by atoms with Crippen LogP contribution in [0.4, 0.5) is 0 Å². The van der Waals surface area contributed by atoms with E-state index >= 15 is 0 Å². The molecule has 0 atom stereocenters. The van der Waals surface area contributed by atoms with Crippen LogP contribution >= 0.6 is 0 Å². The zero-order chi connectivity index (χ0) is 19.6. The minimum atomic E-state index is 0.289. The Labute approximate surface area is 164 Å². The molecule has 0 aliphatic heterocycles. The van der Waals surface area contributed by atoms with Crippen LogP contribution in [0, 0.1) is 0 Å². The van der Waals surface area contributed by atoms with Gasteiger partial charge in [0.05, 0.1) is 0 Å². The van der Waals surface area contributed by atoms with Gasteiger partial charge in [-0.2, -0.15) is 0 Å². The fourth-order valence-electron chi connectivity index (χ4n) is 1.78. The first-order valence-electron chi connectivity index (χ1n) is 8.42. The molecule has 0 aliphatic rings. The van der Waals surface area contributed by atoms with E-state index in [9.17, 15) is 10.2 Å². The Balaban J connectivity index is 0.000000439. The summed E-state index contributed by atoms with van der Waals surface area (Å²) in [6.45, 7) is 5.77. The number of phenolic OH excluding ortho intramolecular Hbond substituents is 2. The molecule has 2 N–H and O–H groups in total. The normalized spacial score (nSPS) is 10.0. The molecule has 0 radical (unpaired) electrons. The Bertz CT molecular complexity index is 618. The third kappa shape index (κ3) is 10.6. The van der Waals surface area contributed by atoms with Crippen LogP contribution in [0.15, 0.2) is 58.5 Å². The van der Waals surface area contributed by atoms with Crippen molar-refractivity contribution < 1.29 is 31.3 Å². The molecule has 0 aromatic heterocycles. The number of nitrogens with zero attached hydrogens (tertiary/aromatic N) is 2. The van der Waals surface area contributed by atoms with Crippen molar-refractivity contribution in [3.05, 3.63) is 59.7 Å². The van der Waals surface area contributed by atoms with Gasteiger partial charge in [-0.25, -0.2) is 0 Å². The summed E-state index contributed by atoms with van der Waals surface area (Å²) in [5.41, 5.74) is 1.57. The second kappa shape index (κ2) is 16.2. The summed E-state index contributed by atoms with van der Waals surface area (Å²) in [7, 11) is 0. The van der Waals surface area contributed by atoms with Gasteiger partial charge in [-0.15, -0.1) is 0 Å². The zero-order valence-corrected chi connectivity index (χ0v) is 16.6. The first-order chi connectivity index (χ1) is 12.7. The van der Waals surface area contributed by atoms with Crippen LogP contribution in [0.2, 0.25) is 0 Å². The summed E-state index contributed by atoms with van der Waals surface area (Å²) in [6.07, 6.45) is 5.48. The van der Waals surface area contributed by atoms with Gasteiger partial charge >= 0.3 is 21.0 Å². The van der Waals surface area contributed by atoms with Crippen LogP contribution in [-0.4, -0.2) is 35.7 Å². The molecular formula is C20H26N2O3V. The van der Waals surface area contributed by atoms with E-state index in [1.165, 1.54) is 0 Å². The van der Waals surface area contributed by atoms with Crippen molar-refractivity contribution in [1.29, 1.82) is 0 Å². The average molecular weight is 393 g/mol. The third-order valence-corrected chi connectivity index (χ3v) is 3.04. The van der Waals surface area contributed by atoms with Gasteiger partial charge in [-0.3, -0.25) is 9.98 Å². The Morgan fingerprint density at radius 3 is 1.42 bits per heavy atom. The summed E-state index contributed by atoms with van der Waals surface area (Å²) >= 11 is 1.06. The van der Waals surface area contributed by atoms with Crippen LogP contribution in [0.5, 0.6) is 11.5 Å². The number of aromatic hydroxyl groups is 2. The summed E-state index contributed by atoms with van der Waals surface area (Å²) in [5, 5.41) is 18.6. The molecule has 2 aromatic rings. The van der Waals surface area contributed by atoms with Gasteiger partial charge in [-0.1, -0.05) is 38.1 Å². The summed E-state index contributed by atoms with van der Waals surface area (Å²) in [6, 6.07) is 14.4. The Kier molecular flexibility index (Phi) is 14.8. The minimum absolute atomic E-state index is 0.289.